The summed E-state index contributed by atoms with van der Waals surface area (Å²) in [6.45, 7) is 2.70. The van der Waals surface area contributed by atoms with Crippen molar-refractivity contribution >= 4 is 75.3 Å². The van der Waals surface area contributed by atoms with Crippen LogP contribution in [-0.2, 0) is 0 Å². The molecule has 0 saturated heterocycles. The largest absolute Gasteiger partial charge is 0.456 e. The van der Waals surface area contributed by atoms with Gasteiger partial charge in [0.2, 0.25) is 0 Å². The highest BCUT2D eigenvalue weighted by Gasteiger charge is 2.15. The molecule has 8 aromatic rings. The Morgan fingerprint density at radius 1 is 0.667 bits per heavy atom. The first-order chi connectivity index (χ1) is 19.2. The molecule has 4 nitrogen and oxygen atoms in total. The molecule has 186 valence electrons. The van der Waals surface area contributed by atoms with E-state index in [2.05, 4.69) is 71.3 Å². The second-order valence-electron chi connectivity index (χ2n) is 9.75. The van der Waals surface area contributed by atoms with E-state index in [-0.39, 0.29) is 5.43 Å². The predicted octanol–water partition coefficient (Wildman–Crippen LogP) is 8.33. The lowest BCUT2D eigenvalue weighted by Gasteiger charge is -2.10. The van der Waals surface area contributed by atoms with E-state index in [1.165, 1.54) is 10.8 Å². The average Bonchev–Trinajstić information content (AvgIpc) is 3.31. The third-order valence-corrected chi connectivity index (χ3v) is 8.66. The van der Waals surface area contributed by atoms with Crippen LogP contribution in [0.1, 0.15) is 6.92 Å². The molecule has 0 amide bonds. The van der Waals surface area contributed by atoms with Gasteiger partial charge in [-0.15, -0.1) is 11.3 Å². The molecular weight excluding hydrogens is 500 g/mol. The molecule has 0 aliphatic rings. The molecule has 0 N–H and O–H groups in total. The van der Waals surface area contributed by atoms with Crippen LogP contribution in [0.4, 0.5) is 0 Å². The number of rotatable bonds is 2. The molecular formula is C34H22N2O2S. The predicted molar refractivity (Wildman–Crippen MR) is 163 cm³/mol. The van der Waals surface area contributed by atoms with Gasteiger partial charge in [-0.2, -0.15) is 0 Å². The van der Waals surface area contributed by atoms with Gasteiger partial charge in [-0.25, -0.2) is 0 Å². The molecule has 0 unspecified atom stereocenters. The van der Waals surface area contributed by atoms with Crippen LogP contribution >= 0.6 is 11.3 Å². The fraction of sp³-hybridized carbons (Fsp3) is 0.0588. The van der Waals surface area contributed by atoms with Gasteiger partial charge in [-0.1, -0.05) is 48.5 Å². The molecule has 0 bridgehead atoms. The maximum Gasteiger partial charge on any atom is 0.196 e. The highest BCUT2D eigenvalue weighted by molar-refractivity contribution is 7.24. The highest BCUT2D eigenvalue weighted by Crippen LogP contribution is 2.34. The SMILES string of the molecule is CCN=c1c2ccccc2oc2cc3c(=O)c4cc(-n5c6ccccc6c6ccccc65)ccc4sc3cc12. The highest BCUT2D eigenvalue weighted by atomic mass is 32.1. The zero-order chi connectivity index (χ0) is 26.1. The van der Waals surface area contributed by atoms with E-state index in [9.17, 15) is 4.79 Å². The van der Waals surface area contributed by atoms with Gasteiger partial charge < -0.3 is 8.98 Å². The molecule has 39 heavy (non-hydrogen) atoms. The Morgan fingerprint density at radius 2 is 1.33 bits per heavy atom. The number of hydrogen-bond donors (Lipinski definition) is 0. The van der Waals surface area contributed by atoms with Crippen molar-refractivity contribution in [2.45, 2.75) is 6.92 Å². The molecule has 0 saturated carbocycles. The summed E-state index contributed by atoms with van der Waals surface area (Å²) in [4.78, 5) is 18.8. The second-order valence-corrected chi connectivity index (χ2v) is 10.8. The third-order valence-electron chi connectivity index (χ3n) is 7.53. The lowest BCUT2D eigenvalue weighted by atomic mass is 10.1. The van der Waals surface area contributed by atoms with Crippen LogP contribution in [0.25, 0.3) is 69.6 Å². The Hall–Kier alpha value is -4.74. The van der Waals surface area contributed by atoms with Crippen LogP contribution in [0.3, 0.4) is 0 Å². The van der Waals surface area contributed by atoms with Gasteiger partial charge in [0, 0.05) is 53.9 Å². The minimum atomic E-state index is 0.0145. The Balaban J connectivity index is 1.44. The van der Waals surface area contributed by atoms with Gasteiger partial charge >= 0.3 is 0 Å². The minimum absolute atomic E-state index is 0.0145. The van der Waals surface area contributed by atoms with Crippen molar-refractivity contribution in [2.24, 2.45) is 4.99 Å². The molecule has 0 fully saturated rings. The van der Waals surface area contributed by atoms with Crippen LogP contribution in [0.15, 0.2) is 117 Å². The number of para-hydroxylation sites is 3. The maximum absolute atomic E-state index is 14.0. The van der Waals surface area contributed by atoms with Gasteiger partial charge in [-0.3, -0.25) is 9.79 Å². The number of fused-ring (bicyclic) bond motifs is 7. The van der Waals surface area contributed by atoms with E-state index in [4.69, 9.17) is 9.41 Å². The normalized spacial score (nSPS) is 12.6. The monoisotopic (exact) mass is 522 g/mol. The van der Waals surface area contributed by atoms with Crippen molar-refractivity contribution in [2.75, 3.05) is 6.54 Å². The summed E-state index contributed by atoms with van der Waals surface area (Å²) in [5.74, 6) is 0. The minimum Gasteiger partial charge on any atom is -0.456 e. The van der Waals surface area contributed by atoms with Crippen LogP contribution in [0.5, 0.6) is 0 Å². The van der Waals surface area contributed by atoms with E-state index < -0.39 is 0 Å². The quantitative estimate of drug-likeness (QED) is 0.214. The summed E-state index contributed by atoms with van der Waals surface area (Å²) in [6.07, 6.45) is 0. The molecule has 0 radical (unpaired) electrons. The molecule has 5 aromatic carbocycles. The van der Waals surface area contributed by atoms with Crippen molar-refractivity contribution < 1.29 is 4.42 Å². The number of benzene rings is 5. The van der Waals surface area contributed by atoms with Crippen molar-refractivity contribution in [3.8, 4) is 5.69 Å². The standard InChI is InChI=1S/C34H22N2O2S/c1-2-35-33-23-11-5-8-14-29(23)38-30-18-26-32(19-24(30)33)39-31-16-15-20(17-25(31)34(26)37)36-27-12-6-3-9-21(27)22-10-4-7-13-28(22)36/h3-19H,2H2,1H3. The molecule has 3 heterocycles. The van der Waals surface area contributed by atoms with Crippen LogP contribution in [0, 0.1) is 0 Å². The topological polar surface area (TPSA) is 47.5 Å². The van der Waals surface area contributed by atoms with Gasteiger partial charge in [0.05, 0.1) is 16.4 Å². The molecule has 0 aliphatic heterocycles. The lowest BCUT2D eigenvalue weighted by Crippen LogP contribution is -2.07. The summed E-state index contributed by atoms with van der Waals surface area (Å²) in [5.41, 5.74) is 4.68. The number of nitrogens with zero attached hydrogens (tertiary/aromatic N) is 2. The fourth-order valence-corrected chi connectivity index (χ4v) is 6.90. The Kier molecular flexibility index (Phi) is 4.78. The van der Waals surface area contributed by atoms with Crippen LogP contribution in [-0.4, -0.2) is 11.1 Å². The second kappa shape index (κ2) is 8.38. The zero-order valence-electron chi connectivity index (χ0n) is 21.1. The lowest BCUT2D eigenvalue weighted by molar-refractivity contribution is 0.660. The van der Waals surface area contributed by atoms with Crippen molar-refractivity contribution in [3.05, 3.63) is 119 Å². The number of aromatic nitrogens is 1. The van der Waals surface area contributed by atoms with E-state index in [1.807, 2.05) is 43.3 Å². The molecule has 3 aromatic heterocycles. The summed E-state index contributed by atoms with van der Waals surface area (Å²) in [7, 11) is 0. The fourth-order valence-electron chi connectivity index (χ4n) is 5.82. The molecule has 8 rings (SSSR count). The number of hydrogen-bond acceptors (Lipinski definition) is 4. The maximum atomic E-state index is 14.0. The van der Waals surface area contributed by atoms with Crippen molar-refractivity contribution in [3.63, 3.8) is 0 Å². The van der Waals surface area contributed by atoms with E-state index in [0.717, 1.165) is 47.8 Å². The summed E-state index contributed by atoms with van der Waals surface area (Å²) < 4.78 is 10.4. The van der Waals surface area contributed by atoms with Crippen molar-refractivity contribution in [1.29, 1.82) is 0 Å². The molecule has 0 atom stereocenters. The van der Waals surface area contributed by atoms with Crippen LogP contribution < -0.4 is 10.8 Å². The summed E-state index contributed by atoms with van der Waals surface area (Å²) in [6, 6.07) is 35.0. The van der Waals surface area contributed by atoms with Crippen LogP contribution in [0.2, 0.25) is 0 Å². The Bertz CT molecular complexity index is 2360. The first-order valence-corrected chi connectivity index (χ1v) is 13.9. The summed E-state index contributed by atoms with van der Waals surface area (Å²) in [5, 5.41) is 6.61. The van der Waals surface area contributed by atoms with Crippen molar-refractivity contribution in [1.82, 2.24) is 4.57 Å². The van der Waals surface area contributed by atoms with E-state index in [1.54, 1.807) is 11.3 Å². The van der Waals surface area contributed by atoms with Gasteiger partial charge in [-0.05, 0) is 61.5 Å². The Labute approximate surface area is 226 Å². The Morgan fingerprint density at radius 3 is 2.08 bits per heavy atom. The average molecular weight is 523 g/mol. The van der Waals surface area contributed by atoms with Gasteiger partial charge in [0.15, 0.2) is 5.43 Å². The summed E-state index contributed by atoms with van der Waals surface area (Å²) >= 11 is 1.63. The first kappa shape index (κ1) is 22.3. The molecule has 0 spiro atoms. The van der Waals surface area contributed by atoms with E-state index >= 15 is 0 Å². The third kappa shape index (κ3) is 3.23. The van der Waals surface area contributed by atoms with E-state index in [0.29, 0.717) is 22.9 Å². The molecule has 0 aliphatic carbocycles. The molecule has 5 heteroatoms. The smallest absolute Gasteiger partial charge is 0.196 e. The zero-order valence-corrected chi connectivity index (χ0v) is 22.0. The van der Waals surface area contributed by atoms with Gasteiger partial charge in [0.25, 0.3) is 0 Å². The van der Waals surface area contributed by atoms with Gasteiger partial charge in [0.1, 0.15) is 11.2 Å². The first-order valence-electron chi connectivity index (χ1n) is 13.1.